The Bertz CT molecular complexity index is 576. The Kier molecular flexibility index (Phi) is 6.74. The van der Waals surface area contributed by atoms with E-state index in [1.165, 1.54) is 69.8 Å². The van der Waals surface area contributed by atoms with Crippen LogP contribution in [0.3, 0.4) is 0 Å². The van der Waals surface area contributed by atoms with Crippen LogP contribution in [0.1, 0.15) is 81.8 Å². The van der Waals surface area contributed by atoms with Crippen LogP contribution in [0.25, 0.3) is 0 Å². The fraction of sp³-hybridized carbons (Fsp3) is 0.625. The largest absolute Gasteiger partial charge is 0.193 e. The molecule has 1 aromatic rings. The average molecular weight is 336 g/mol. The molecule has 0 aromatic heterocycles. The van der Waals surface area contributed by atoms with Crippen LogP contribution >= 0.6 is 0 Å². The van der Waals surface area contributed by atoms with Gasteiger partial charge in [-0.25, -0.2) is 0 Å². The minimum atomic E-state index is 0.661. The van der Waals surface area contributed by atoms with E-state index < -0.39 is 0 Å². The maximum atomic E-state index is 8.68. The summed E-state index contributed by atoms with van der Waals surface area (Å²) in [4.78, 5) is 0. The Hall–Kier alpha value is -1.55. The van der Waals surface area contributed by atoms with E-state index in [2.05, 4.69) is 43.3 Å². The molecular formula is C24H33N. The molecule has 0 amide bonds. The first kappa shape index (κ1) is 18.2. The van der Waals surface area contributed by atoms with Crippen molar-refractivity contribution in [3.8, 4) is 6.07 Å². The van der Waals surface area contributed by atoms with Gasteiger partial charge in [-0.1, -0.05) is 43.7 Å². The molecule has 0 spiro atoms. The first-order valence-corrected chi connectivity index (χ1v) is 10.4. The Morgan fingerprint density at radius 1 is 0.920 bits per heavy atom. The molecule has 2 aliphatic rings. The summed E-state index contributed by atoms with van der Waals surface area (Å²) in [5.41, 5.74) is 3.06. The van der Waals surface area contributed by atoms with Crippen LogP contribution in [-0.2, 0) is 6.42 Å². The molecule has 0 bridgehead atoms. The van der Waals surface area contributed by atoms with Crippen molar-refractivity contribution in [2.45, 2.75) is 77.0 Å². The molecular weight excluding hydrogens is 302 g/mol. The molecule has 0 radical (unpaired) electrons. The van der Waals surface area contributed by atoms with Gasteiger partial charge in [-0.15, -0.1) is 0 Å². The zero-order chi connectivity index (χ0) is 17.5. The van der Waals surface area contributed by atoms with E-state index in [0.717, 1.165) is 17.8 Å². The summed E-state index contributed by atoms with van der Waals surface area (Å²) in [6.45, 7) is 2.25. The van der Waals surface area contributed by atoms with Gasteiger partial charge in [0.25, 0.3) is 0 Å². The highest BCUT2D eigenvalue weighted by Crippen LogP contribution is 2.44. The Labute approximate surface area is 154 Å². The lowest BCUT2D eigenvalue weighted by molar-refractivity contribution is 0.171. The molecule has 2 fully saturated rings. The zero-order valence-corrected chi connectivity index (χ0v) is 15.8. The van der Waals surface area contributed by atoms with E-state index in [9.17, 15) is 0 Å². The van der Waals surface area contributed by atoms with Crippen molar-refractivity contribution in [3.05, 3.63) is 47.5 Å². The smallest absolute Gasteiger partial charge is 0.0908 e. The number of aryl methyl sites for hydroxylation is 1. The van der Waals surface area contributed by atoms with E-state index in [4.69, 9.17) is 5.26 Å². The van der Waals surface area contributed by atoms with Crippen LogP contribution < -0.4 is 0 Å². The van der Waals surface area contributed by atoms with Crippen LogP contribution in [0.4, 0.5) is 0 Å². The van der Waals surface area contributed by atoms with Crippen LogP contribution in [0.2, 0.25) is 0 Å². The number of nitrogens with zero attached hydrogens (tertiary/aromatic N) is 1. The summed E-state index contributed by atoms with van der Waals surface area (Å²) >= 11 is 0. The highest BCUT2D eigenvalue weighted by Gasteiger charge is 2.30. The maximum absolute atomic E-state index is 8.68. The van der Waals surface area contributed by atoms with Gasteiger partial charge in [0, 0.05) is 6.08 Å². The van der Waals surface area contributed by atoms with Crippen LogP contribution in [-0.4, -0.2) is 0 Å². The van der Waals surface area contributed by atoms with Crippen molar-refractivity contribution < 1.29 is 0 Å². The highest BCUT2D eigenvalue weighted by atomic mass is 14.4. The predicted octanol–water partition coefficient (Wildman–Crippen LogP) is 6.80. The number of benzene rings is 1. The summed E-state index contributed by atoms with van der Waals surface area (Å²) in [5.74, 6) is 3.35. The van der Waals surface area contributed by atoms with Gasteiger partial charge in [0.2, 0.25) is 0 Å². The normalized spacial score (nSPS) is 30.2. The van der Waals surface area contributed by atoms with Gasteiger partial charge < -0.3 is 0 Å². The second-order valence-electron chi connectivity index (χ2n) is 8.27. The predicted molar refractivity (Wildman–Crippen MR) is 105 cm³/mol. The molecule has 0 heterocycles. The fourth-order valence-electron chi connectivity index (χ4n) is 5.16. The van der Waals surface area contributed by atoms with Crippen LogP contribution in [0.15, 0.2) is 36.4 Å². The van der Waals surface area contributed by atoms with Crippen LogP contribution in [0.5, 0.6) is 0 Å². The van der Waals surface area contributed by atoms with Gasteiger partial charge in [-0.3, -0.25) is 0 Å². The third-order valence-electron chi connectivity index (χ3n) is 6.69. The molecule has 25 heavy (non-hydrogen) atoms. The second kappa shape index (κ2) is 9.23. The third-order valence-corrected chi connectivity index (χ3v) is 6.69. The van der Waals surface area contributed by atoms with E-state index in [0.29, 0.717) is 5.92 Å². The zero-order valence-electron chi connectivity index (χ0n) is 15.8. The molecule has 0 N–H and O–H groups in total. The molecule has 0 saturated heterocycles. The summed E-state index contributed by atoms with van der Waals surface area (Å²) in [6.07, 6.45) is 17.2. The Balaban J connectivity index is 1.46. The van der Waals surface area contributed by atoms with Gasteiger partial charge in [0.1, 0.15) is 0 Å². The minimum Gasteiger partial charge on any atom is -0.193 e. The standard InChI is InChI=1S/C24H33N/c1-2-4-19-6-10-21(11-7-19)23-14-16-24(17-15-23)22-12-8-20(9-13-22)5-3-18-25/h3,5-7,10-11,20,22-24H,2,4,8-9,12-17H2,1H3/b5-3+. The fourth-order valence-corrected chi connectivity index (χ4v) is 5.16. The highest BCUT2D eigenvalue weighted by molar-refractivity contribution is 5.26. The SMILES string of the molecule is CCCc1ccc(C2CCC(C3CCC(/C=C/C#N)CC3)CC2)cc1. The molecule has 1 heteroatoms. The Morgan fingerprint density at radius 2 is 1.52 bits per heavy atom. The molecule has 134 valence electrons. The second-order valence-corrected chi connectivity index (χ2v) is 8.27. The molecule has 1 aromatic carbocycles. The van der Waals surface area contributed by atoms with Crippen molar-refractivity contribution >= 4 is 0 Å². The van der Waals surface area contributed by atoms with E-state index in [1.807, 2.05) is 0 Å². The lowest BCUT2D eigenvalue weighted by Gasteiger charge is -2.37. The van der Waals surface area contributed by atoms with Crippen molar-refractivity contribution in [1.82, 2.24) is 0 Å². The lowest BCUT2D eigenvalue weighted by Crippen LogP contribution is -2.25. The summed E-state index contributed by atoms with van der Waals surface area (Å²) in [7, 11) is 0. The number of allylic oxidation sites excluding steroid dienone is 2. The van der Waals surface area contributed by atoms with Gasteiger partial charge in [0.05, 0.1) is 6.07 Å². The van der Waals surface area contributed by atoms with Crippen molar-refractivity contribution in [3.63, 3.8) is 0 Å². The summed E-state index contributed by atoms with van der Waals surface area (Å²) < 4.78 is 0. The van der Waals surface area contributed by atoms with Gasteiger partial charge in [0.15, 0.2) is 0 Å². The molecule has 2 saturated carbocycles. The van der Waals surface area contributed by atoms with Crippen molar-refractivity contribution in [2.75, 3.05) is 0 Å². The average Bonchev–Trinajstić information content (AvgIpc) is 2.68. The third kappa shape index (κ3) is 4.97. The quantitative estimate of drug-likeness (QED) is 0.543. The van der Waals surface area contributed by atoms with Gasteiger partial charge >= 0.3 is 0 Å². The van der Waals surface area contributed by atoms with E-state index in [1.54, 1.807) is 11.6 Å². The number of hydrogen-bond donors (Lipinski definition) is 0. The minimum absolute atomic E-state index is 0.661. The van der Waals surface area contributed by atoms with Crippen molar-refractivity contribution in [1.29, 1.82) is 5.26 Å². The molecule has 2 aliphatic carbocycles. The number of nitriles is 1. The lowest BCUT2D eigenvalue weighted by atomic mass is 9.68. The maximum Gasteiger partial charge on any atom is 0.0908 e. The van der Waals surface area contributed by atoms with Crippen LogP contribution in [0, 0.1) is 29.1 Å². The first-order chi connectivity index (χ1) is 12.3. The molecule has 3 rings (SSSR count). The molecule has 1 nitrogen and oxygen atoms in total. The van der Waals surface area contributed by atoms with Crippen molar-refractivity contribution in [2.24, 2.45) is 17.8 Å². The summed E-state index contributed by atoms with van der Waals surface area (Å²) in [5, 5.41) is 8.68. The van der Waals surface area contributed by atoms with Gasteiger partial charge in [-0.05, 0) is 92.6 Å². The molecule has 0 unspecified atom stereocenters. The molecule has 0 aliphatic heterocycles. The monoisotopic (exact) mass is 335 g/mol. The van der Waals surface area contributed by atoms with E-state index >= 15 is 0 Å². The Morgan fingerprint density at radius 3 is 2.08 bits per heavy atom. The van der Waals surface area contributed by atoms with E-state index in [-0.39, 0.29) is 0 Å². The molecule has 0 atom stereocenters. The number of rotatable bonds is 5. The first-order valence-electron chi connectivity index (χ1n) is 10.4. The number of hydrogen-bond acceptors (Lipinski definition) is 1. The summed E-state index contributed by atoms with van der Waals surface area (Å²) in [6, 6.07) is 11.6. The topological polar surface area (TPSA) is 23.8 Å². The van der Waals surface area contributed by atoms with Gasteiger partial charge in [-0.2, -0.15) is 5.26 Å².